The van der Waals surface area contributed by atoms with Crippen LogP contribution in [0.2, 0.25) is 0 Å². The van der Waals surface area contributed by atoms with Gasteiger partial charge in [-0.05, 0) is 39.0 Å². The van der Waals surface area contributed by atoms with Crippen molar-refractivity contribution in [1.82, 2.24) is 9.80 Å². The molecule has 0 aliphatic carbocycles. The predicted molar refractivity (Wildman–Crippen MR) is 134 cm³/mol. The normalized spacial score (nSPS) is 31.2. The van der Waals surface area contributed by atoms with Crippen molar-refractivity contribution in [3.05, 3.63) is 25.3 Å². The maximum Gasteiger partial charge on any atom is 0.310 e. The minimum atomic E-state index is -0.706. The molecule has 2 amide bonds. The van der Waals surface area contributed by atoms with Crippen molar-refractivity contribution in [2.75, 3.05) is 19.8 Å². The number of amides is 2. The van der Waals surface area contributed by atoms with Gasteiger partial charge in [-0.1, -0.05) is 32.4 Å². The number of fused-ring (bicyclic) bond motifs is 1. The summed E-state index contributed by atoms with van der Waals surface area (Å²) < 4.78 is 4.85. The lowest BCUT2D eigenvalue weighted by atomic mass is 9.71. The van der Waals surface area contributed by atoms with Crippen LogP contribution >= 0.6 is 11.8 Å². The van der Waals surface area contributed by atoms with E-state index in [0.717, 1.165) is 19.3 Å². The topological polar surface area (TPSA) is 87.1 Å². The molecule has 34 heavy (non-hydrogen) atoms. The molecule has 1 spiro atoms. The van der Waals surface area contributed by atoms with Gasteiger partial charge in [0.25, 0.3) is 0 Å². The summed E-state index contributed by atoms with van der Waals surface area (Å²) in [6.45, 7) is 14.0. The van der Waals surface area contributed by atoms with Crippen molar-refractivity contribution in [2.24, 2.45) is 11.8 Å². The van der Waals surface area contributed by atoms with Gasteiger partial charge in [-0.15, -0.1) is 24.9 Å². The van der Waals surface area contributed by atoms with Crippen LogP contribution in [0.25, 0.3) is 0 Å². The first kappa shape index (κ1) is 26.8. The van der Waals surface area contributed by atoms with Gasteiger partial charge in [0.2, 0.25) is 11.8 Å². The summed E-state index contributed by atoms with van der Waals surface area (Å²) in [5.41, 5.74) is 0. The van der Waals surface area contributed by atoms with Crippen molar-refractivity contribution in [3.63, 3.8) is 0 Å². The average Bonchev–Trinajstić information content (AvgIpc) is 3.46. The van der Waals surface area contributed by atoms with Gasteiger partial charge in [-0.25, -0.2) is 0 Å². The Bertz CT molecular complexity index is 800. The fraction of sp³-hybridized carbons (Fsp3) is 0.731. The molecular weight excluding hydrogens is 452 g/mol. The van der Waals surface area contributed by atoms with Crippen LogP contribution in [0.15, 0.2) is 25.3 Å². The minimum absolute atomic E-state index is 0.000346. The number of nitrogens with zero attached hydrogens (tertiary/aromatic N) is 2. The zero-order chi connectivity index (χ0) is 25.0. The largest absolute Gasteiger partial charge is 0.465 e. The molecule has 2 bridgehead atoms. The molecule has 7 nitrogen and oxygen atoms in total. The number of carbonyl (C=O) groups is 3. The number of likely N-dealkylation sites (tertiary alicyclic amines) is 1. The predicted octanol–water partition coefficient (Wildman–Crippen LogP) is 3.17. The summed E-state index contributed by atoms with van der Waals surface area (Å²) in [5, 5.41) is 10.1. The maximum absolute atomic E-state index is 14.2. The minimum Gasteiger partial charge on any atom is -0.465 e. The van der Waals surface area contributed by atoms with E-state index in [1.54, 1.807) is 28.8 Å². The smallest absolute Gasteiger partial charge is 0.310 e. The van der Waals surface area contributed by atoms with Crippen molar-refractivity contribution in [1.29, 1.82) is 0 Å². The SMILES string of the molecule is C=CCCOC(=O)[C@@H]1[C@H]2C(=O)N([C@@H](CC)CO)C(C(=O)N(CC=C)C(C)CCC)C23CC[C@H]1S3. The molecule has 8 heteroatoms. The van der Waals surface area contributed by atoms with Crippen molar-refractivity contribution in [3.8, 4) is 0 Å². The van der Waals surface area contributed by atoms with Gasteiger partial charge < -0.3 is 19.6 Å². The second-order valence-electron chi connectivity index (χ2n) is 9.71. The zero-order valence-electron chi connectivity index (χ0n) is 20.8. The number of esters is 1. The summed E-state index contributed by atoms with van der Waals surface area (Å²) in [5.74, 6) is -1.81. The zero-order valence-corrected chi connectivity index (χ0v) is 21.6. The van der Waals surface area contributed by atoms with E-state index in [1.807, 2.05) is 18.7 Å². The highest BCUT2D eigenvalue weighted by Gasteiger charge is 2.74. The van der Waals surface area contributed by atoms with Crippen LogP contribution in [-0.4, -0.2) is 80.6 Å². The summed E-state index contributed by atoms with van der Waals surface area (Å²) in [7, 11) is 0. The Balaban J connectivity index is 2.03. The lowest BCUT2D eigenvalue weighted by Crippen LogP contribution is -2.58. The van der Waals surface area contributed by atoms with E-state index in [0.29, 0.717) is 25.8 Å². The van der Waals surface area contributed by atoms with Crippen LogP contribution in [-0.2, 0) is 19.1 Å². The van der Waals surface area contributed by atoms with Gasteiger partial charge in [0.1, 0.15) is 6.04 Å². The molecule has 1 N–H and O–H groups in total. The molecule has 190 valence electrons. The first-order valence-corrected chi connectivity index (χ1v) is 13.5. The monoisotopic (exact) mass is 492 g/mol. The lowest BCUT2D eigenvalue weighted by Gasteiger charge is -2.41. The Labute approximate surface area is 208 Å². The number of hydrogen-bond donors (Lipinski definition) is 1. The van der Waals surface area contributed by atoms with Crippen LogP contribution in [0.4, 0.5) is 0 Å². The van der Waals surface area contributed by atoms with Crippen LogP contribution < -0.4 is 0 Å². The van der Waals surface area contributed by atoms with Crippen LogP contribution in [0.1, 0.15) is 59.3 Å². The number of ether oxygens (including phenoxy) is 1. The lowest BCUT2D eigenvalue weighted by molar-refractivity contribution is -0.154. The third kappa shape index (κ3) is 4.43. The molecule has 7 atom stereocenters. The van der Waals surface area contributed by atoms with Crippen LogP contribution in [0, 0.1) is 11.8 Å². The number of hydrogen-bond acceptors (Lipinski definition) is 6. The number of aliphatic hydroxyl groups is 1. The molecule has 3 aliphatic heterocycles. The molecule has 0 aromatic heterocycles. The van der Waals surface area contributed by atoms with E-state index in [-0.39, 0.29) is 42.3 Å². The van der Waals surface area contributed by atoms with Crippen molar-refractivity contribution in [2.45, 2.75) is 87.4 Å². The van der Waals surface area contributed by atoms with Gasteiger partial charge in [-0.2, -0.15) is 0 Å². The van der Waals surface area contributed by atoms with Gasteiger partial charge in [0.05, 0.1) is 35.8 Å². The number of aliphatic hydroxyl groups excluding tert-OH is 1. The molecule has 3 heterocycles. The molecular formula is C26H40N2O5S. The second kappa shape index (κ2) is 11.3. The van der Waals surface area contributed by atoms with Crippen molar-refractivity contribution >= 4 is 29.5 Å². The number of rotatable bonds is 13. The molecule has 0 aromatic carbocycles. The molecule has 3 aliphatic rings. The van der Waals surface area contributed by atoms with Gasteiger partial charge in [0, 0.05) is 17.8 Å². The van der Waals surface area contributed by atoms with Crippen LogP contribution in [0.5, 0.6) is 0 Å². The van der Waals surface area contributed by atoms with E-state index >= 15 is 0 Å². The Morgan fingerprint density at radius 1 is 1.35 bits per heavy atom. The molecule has 3 fully saturated rings. The van der Waals surface area contributed by atoms with Crippen LogP contribution in [0.3, 0.4) is 0 Å². The maximum atomic E-state index is 14.2. The quantitative estimate of drug-likeness (QED) is 0.241. The van der Waals surface area contributed by atoms with Gasteiger partial charge in [-0.3, -0.25) is 14.4 Å². The fourth-order valence-electron chi connectivity index (χ4n) is 6.14. The summed E-state index contributed by atoms with van der Waals surface area (Å²) in [6, 6.07) is -1.17. The summed E-state index contributed by atoms with van der Waals surface area (Å²) >= 11 is 1.63. The number of carbonyl (C=O) groups excluding carboxylic acids is 3. The highest BCUT2D eigenvalue weighted by atomic mass is 32.2. The molecule has 3 rings (SSSR count). The third-order valence-corrected chi connectivity index (χ3v) is 9.69. The fourth-order valence-corrected chi connectivity index (χ4v) is 8.33. The highest BCUT2D eigenvalue weighted by molar-refractivity contribution is 8.02. The van der Waals surface area contributed by atoms with Crippen molar-refractivity contribution < 1.29 is 24.2 Å². The Kier molecular flexibility index (Phi) is 8.90. The number of thioether (sulfide) groups is 1. The first-order valence-electron chi connectivity index (χ1n) is 12.6. The van der Waals surface area contributed by atoms with Gasteiger partial charge in [0.15, 0.2) is 0 Å². The second-order valence-corrected chi connectivity index (χ2v) is 11.3. The molecule has 0 radical (unpaired) electrons. The summed E-state index contributed by atoms with van der Waals surface area (Å²) in [4.78, 5) is 44.7. The van der Waals surface area contributed by atoms with E-state index in [1.165, 1.54) is 0 Å². The van der Waals surface area contributed by atoms with Gasteiger partial charge >= 0.3 is 5.97 Å². The molecule has 0 saturated carbocycles. The third-order valence-electron chi connectivity index (χ3n) is 7.73. The Morgan fingerprint density at radius 2 is 2.09 bits per heavy atom. The van der Waals surface area contributed by atoms with E-state index in [2.05, 4.69) is 20.1 Å². The first-order chi connectivity index (χ1) is 16.3. The average molecular weight is 493 g/mol. The molecule has 3 unspecified atom stereocenters. The standard InChI is InChI=1S/C26H40N2O5S/c1-6-10-15-33-25(32)20-19-12-13-26(34-19)21(20)23(30)28(18(9-4)16-29)22(26)24(31)27(14-8-3)17(5)11-7-2/h6,8,17-22,29H,1,3,7,9-16H2,2,4-5H3/t17?,18-,19+,20-,21-,22?,26?/m0/s1. The molecule has 0 aromatic rings. The van der Waals surface area contributed by atoms with E-state index < -0.39 is 28.7 Å². The van der Waals surface area contributed by atoms with E-state index in [4.69, 9.17) is 4.74 Å². The van der Waals surface area contributed by atoms with E-state index in [9.17, 15) is 19.5 Å². The molecule has 3 saturated heterocycles. The Morgan fingerprint density at radius 3 is 2.68 bits per heavy atom. The highest BCUT2D eigenvalue weighted by Crippen LogP contribution is 2.67. The Hall–Kier alpha value is -1.80. The summed E-state index contributed by atoms with van der Waals surface area (Å²) in [6.07, 6.45) is 7.77.